The van der Waals surface area contributed by atoms with Crippen molar-refractivity contribution in [2.75, 3.05) is 44.9 Å². The molecule has 0 unspecified atom stereocenters. The summed E-state index contributed by atoms with van der Waals surface area (Å²) >= 11 is 13.6. The van der Waals surface area contributed by atoms with E-state index in [1.54, 1.807) is 18.2 Å². The van der Waals surface area contributed by atoms with Crippen LogP contribution in [0.2, 0.25) is 10.0 Å². The molecular formula is C27H27Cl2F2N3O5S. The monoisotopic (exact) mass is 613 g/mol. The Labute approximate surface area is 244 Å². The molecule has 1 heterocycles. The molecule has 0 aliphatic heterocycles. The number of ether oxygens (including phenoxy) is 3. The number of pyridine rings is 1. The Morgan fingerprint density at radius 3 is 2.48 bits per heavy atom. The van der Waals surface area contributed by atoms with Gasteiger partial charge in [0.05, 0.1) is 27.9 Å². The lowest BCUT2D eigenvalue weighted by Crippen LogP contribution is -2.20. The van der Waals surface area contributed by atoms with Crippen LogP contribution in [0.3, 0.4) is 0 Å². The lowest BCUT2D eigenvalue weighted by Gasteiger charge is -2.14. The van der Waals surface area contributed by atoms with Crippen molar-refractivity contribution in [3.8, 4) is 11.5 Å². The smallest absolute Gasteiger partial charge is 0.387 e. The van der Waals surface area contributed by atoms with Crippen LogP contribution in [0, 0.1) is 0 Å². The van der Waals surface area contributed by atoms with Crippen LogP contribution in [0.15, 0.2) is 59.8 Å². The number of rotatable bonds is 14. The molecule has 1 N–H and O–H groups in total. The summed E-state index contributed by atoms with van der Waals surface area (Å²) in [6.45, 7) is -1.99. The molecule has 1 aromatic heterocycles. The molecule has 1 amide bonds. The van der Waals surface area contributed by atoms with Gasteiger partial charge in [-0.05, 0) is 56.9 Å². The number of likely N-dealkylation sites (N-methyl/N-ethyl adjacent to an activating group) is 1. The summed E-state index contributed by atoms with van der Waals surface area (Å²) in [5.74, 6) is -0.591. The Kier molecular flexibility index (Phi) is 12.3. The standard InChI is InChI=1S/C27H27Cl2F2N3O5S/c1-34(2)9-11-38-26(36)18-5-3-6-19(13-18)40-12-4-10-37-23-14-17(7-8-22(23)39-27(30)31)25(35)33-24-20(28)15-32-16-21(24)29/h3,5-8,13-16,27H,4,9-12H2,1-2H3,(H,32,33,35). The van der Waals surface area contributed by atoms with E-state index in [0.29, 0.717) is 30.9 Å². The van der Waals surface area contributed by atoms with Crippen LogP contribution >= 0.6 is 35.0 Å². The number of nitrogens with one attached hydrogen (secondary N) is 1. The van der Waals surface area contributed by atoms with E-state index in [1.165, 1.54) is 42.4 Å². The molecule has 40 heavy (non-hydrogen) atoms. The highest BCUT2D eigenvalue weighted by atomic mass is 35.5. The van der Waals surface area contributed by atoms with Gasteiger partial charge < -0.3 is 24.4 Å². The molecule has 0 radical (unpaired) electrons. The average molecular weight is 614 g/mol. The zero-order valence-corrected chi connectivity index (χ0v) is 24.0. The third-order valence-corrected chi connectivity index (χ3v) is 6.82. The van der Waals surface area contributed by atoms with E-state index in [1.807, 2.05) is 25.1 Å². The summed E-state index contributed by atoms with van der Waals surface area (Å²) in [4.78, 5) is 31.6. The van der Waals surface area contributed by atoms with Crippen LogP contribution in [0.25, 0.3) is 0 Å². The fraction of sp³-hybridized carbons (Fsp3) is 0.296. The molecule has 3 rings (SSSR count). The Morgan fingerprint density at radius 1 is 1.02 bits per heavy atom. The highest BCUT2D eigenvalue weighted by molar-refractivity contribution is 7.99. The molecule has 2 aromatic carbocycles. The topological polar surface area (TPSA) is 90.0 Å². The fourth-order valence-corrected chi connectivity index (χ4v) is 4.56. The van der Waals surface area contributed by atoms with E-state index in [-0.39, 0.29) is 39.4 Å². The minimum atomic E-state index is -3.08. The highest BCUT2D eigenvalue weighted by Gasteiger charge is 2.17. The fourth-order valence-electron chi connectivity index (χ4n) is 3.22. The van der Waals surface area contributed by atoms with Gasteiger partial charge in [0.1, 0.15) is 6.61 Å². The number of esters is 1. The third kappa shape index (κ3) is 9.81. The second kappa shape index (κ2) is 15.6. The van der Waals surface area contributed by atoms with Crippen molar-refractivity contribution in [2.24, 2.45) is 0 Å². The number of benzene rings is 2. The first-order chi connectivity index (χ1) is 19.1. The van der Waals surface area contributed by atoms with Crippen LogP contribution in [0.5, 0.6) is 11.5 Å². The molecule has 214 valence electrons. The first-order valence-corrected chi connectivity index (χ1v) is 13.7. The number of carbonyl (C=O) groups is 2. The third-order valence-electron chi connectivity index (χ3n) is 5.17. The van der Waals surface area contributed by atoms with E-state index in [2.05, 4.69) is 15.0 Å². The van der Waals surface area contributed by atoms with Gasteiger partial charge in [-0.25, -0.2) is 4.79 Å². The molecule has 0 fully saturated rings. The molecule has 0 atom stereocenters. The number of halogens is 4. The molecule has 13 heteroatoms. The molecule has 0 saturated heterocycles. The Balaban J connectivity index is 1.57. The Bertz CT molecular complexity index is 1300. The minimum Gasteiger partial charge on any atom is -0.490 e. The van der Waals surface area contributed by atoms with E-state index in [9.17, 15) is 18.4 Å². The SMILES string of the molecule is CN(C)CCOC(=O)c1cccc(SCCCOc2cc(C(=O)Nc3c(Cl)cncc3Cl)ccc2OC(F)F)c1. The highest BCUT2D eigenvalue weighted by Crippen LogP contribution is 2.32. The van der Waals surface area contributed by atoms with Gasteiger partial charge in [0.25, 0.3) is 5.91 Å². The van der Waals surface area contributed by atoms with Crippen molar-refractivity contribution in [1.29, 1.82) is 0 Å². The van der Waals surface area contributed by atoms with E-state index < -0.39 is 18.5 Å². The summed E-state index contributed by atoms with van der Waals surface area (Å²) in [5.41, 5.74) is 0.740. The molecule has 0 bridgehead atoms. The maximum Gasteiger partial charge on any atom is 0.387 e. The molecule has 0 saturated carbocycles. The number of thioether (sulfide) groups is 1. The van der Waals surface area contributed by atoms with Crippen LogP contribution in [-0.2, 0) is 4.74 Å². The number of aromatic nitrogens is 1. The normalized spacial score (nSPS) is 11.0. The predicted octanol–water partition coefficient (Wildman–Crippen LogP) is 6.52. The molecule has 0 aliphatic rings. The van der Waals surface area contributed by atoms with Gasteiger partial charge >= 0.3 is 12.6 Å². The maximum absolute atomic E-state index is 12.9. The van der Waals surface area contributed by atoms with Gasteiger partial charge in [0, 0.05) is 35.2 Å². The molecule has 0 spiro atoms. The van der Waals surface area contributed by atoms with Crippen LogP contribution < -0.4 is 14.8 Å². The second-order valence-electron chi connectivity index (χ2n) is 8.49. The molecular weight excluding hydrogens is 587 g/mol. The summed E-state index contributed by atoms with van der Waals surface area (Å²) in [7, 11) is 3.79. The number of nitrogens with zero attached hydrogens (tertiary/aromatic N) is 2. The van der Waals surface area contributed by atoms with Gasteiger partial charge in [-0.3, -0.25) is 9.78 Å². The quantitative estimate of drug-likeness (QED) is 0.125. The first kappa shape index (κ1) is 31.4. The number of hydrogen-bond donors (Lipinski definition) is 1. The molecule has 8 nitrogen and oxygen atoms in total. The van der Waals surface area contributed by atoms with Gasteiger partial charge in [0.15, 0.2) is 11.5 Å². The van der Waals surface area contributed by atoms with Crippen LogP contribution in [0.4, 0.5) is 14.5 Å². The van der Waals surface area contributed by atoms with Crippen molar-refractivity contribution >= 4 is 52.5 Å². The summed E-state index contributed by atoms with van der Waals surface area (Å²) < 4.78 is 41.4. The largest absolute Gasteiger partial charge is 0.490 e. The zero-order valence-electron chi connectivity index (χ0n) is 21.7. The second-order valence-corrected chi connectivity index (χ2v) is 10.5. The van der Waals surface area contributed by atoms with Crippen LogP contribution in [0.1, 0.15) is 27.1 Å². The molecule has 3 aromatic rings. The summed E-state index contributed by atoms with van der Waals surface area (Å²) in [5, 5.41) is 2.86. The van der Waals surface area contributed by atoms with Crippen molar-refractivity contribution in [3.05, 3.63) is 76.0 Å². The number of hydrogen-bond acceptors (Lipinski definition) is 8. The number of carbonyl (C=O) groups excluding carboxylic acids is 2. The van der Waals surface area contributed by atoms with Crippen molar-refractivity contribution in [1.82, 2.24) is 9.88 Å². The summed E-state index contributed by atoms with van der Waals surface area (Å²) in [6.07, 6.45) is 3.18. The van der Waals surface area contributed by atoms with Crippen molar-refractivity contribution in [2.45, 2.75) is 17.9 Å². The molecule has 0 aliphatic carbocycles. The predicted molar refractivity (Wildman–Crippen MR) is 151 cm³/mol. The Morgan fingerprint density at radius 2 is 1.77 bits per heavy atom. The Hall–Kier alpha value is -3.12. The van der Waals surface area contributed by atoms with E-state index >= 15 is 0 Å². The summed E-state index contributed by atoms with van der Waals surface area (Å²) in [6, 6.07) is 10.9. The maximum atomic E-state index is 12.9. The lowest BCUT2D eigenvalue weighted by molar-refractivity contribution is -0.0515. The van der Waals surface area contributed by atoms with Crippen LogP contribution in [-0.4, -0.2) is 68.0 Å². The number of amides is 1. The first-order valence-electron chi connectivity index (χ1n) is 12.0. The van der Waals surface area contributed by atoms with Gasteiger partial charge in [-0.1, -0.05) is 29.3 Å². The van der Waals surface area contributed by atoms with E-state index in [4.69, 9.17) is 32.7 Å². The van der Waals surface area contributed by atoms with Crippen molar-refractivity contribution in [3.63, 3.8) is 0 Å². The number of alkyl halides is 2. The van der Waals surface area contributed by atoms with Gasteiger partial charge in [0.2, 0.25) is 0 Å². The minimum absolute atomic E-state index is 0.0210. The zero-order chi connectivity index (χ0) is 29.1. The van der Waals surface area contributed by atoms with E-state index in [0.717, 1.165) is 4.90 Å². The lowest BCUT2D eigenvalue weighted by atomic mass is 10.2. The van der Waals surface area contributed by atoms with Gasteiger partial charge in [-0.15, -0.1) is 11.8 Å². The van der Waals surface area contributed by atoms with Gasteiger partial charge in [-0.2, -0.15) is 8.78 Å². The number of anilines is 1. The van der Waals surface area contributed by atoms with Crippen molar-refractivity contribution < 1.29 is 32.6 Å². The average Bonchev–Trinajstić information content (AvgIpc) is 2.91.